The van der Waals surface area contributed by atoms with E-state index in [0.29, 0.717) is 33.7 Å². The van der Waals surface area contributed by atoms with Gasteiger partial charge >= 0.3 is 0 Å². The van der Waals surface area contributed by atoms with Crippen LogP contribution in [0.1, 0.15) is 31.2 Å². The molecule has 3 aromatic carbocycles. The number of carbonyl (C=O) groups excluding carboxylic acids is 1. The van der Waals surface area contributed by atoms with Crippen molar-refractivity contribution in [1.82, 2.24) is 9.66 Å². The predicted molar refractivity (Wildman–Crippen MR) is 152 cm³/mol. The minimum absolute atomic E-state index is 0.0637. The number of nitrogens with zero attached hydrogens (tertiary/aromatic N) is 4. The zero-order valence-corrected chi connectivity index (χ0v) is 23.0. The van der Waals surface area contributed by atoms with E-state index >= 15 is 0 Å². The number of anilines is 2. The second-order valence-corrected chi connectivity index (χ2v) is 10.0. The minimum Gasteiger partial charge on any atom is -0.483 e. The van der Waals surface area contributed by atoms with Crippen molar-refractivity contribution in [3.05, 3.63) is 92.7 Å². The van der Waals surface area contributed by atoms with Gasteiger partial charge in [-0.25, -0.2) is 9.37 Å². The molecule has 0 spiro atoms. The van der Waals surface area contributed by atoms with Gasteiger partial charge in [0, 0.05) is 47.5 Å². The van der Waals surface area contributed by atoms with Gasteiger partial charge in [0.05, 0.1) is 17.1 Å². The Bertz CT molecular complexity index is 1580. The van der Waals surface area contributed by atoms with Crippen molar-refractivity contribution in [2.45, 2.75) is 19.8 Å². The molecule has 1 amide bonds. The quantitative estimate of drug-likeness (QED) is 0.283. The summed E-state index contributed by atoms with van der Waals surface area (Å²) in [5.74, 6) is -0.0528. The lowest BCUT2D eigenvalue weighted by Crippen LogP contribution is -2.23. The molecule has 1 N–H and O–H groups in total. The minimum atomic E-state index is -0.451. The number of rotatable bonds is 8. The van der Waals surface area contributed by atoms with Crippen LogP contribution in [0.5, 0.6) is 5.75 Å². The van der Waals surface area contributed by atoms with E-state index in [0.717, 1.165) is 10.2 Å². The molecule has 0 aliphatic rings. The number of hydrogen-bond donors (Lipinski definition) is 1. The first-order valence-electron chi connectivity index (χ1n) is 11.9. The van der Waals surface area contributed by atoms with Crippen LogP contribution in [0.4, 0.5) is 15.8 Å². The highest BCUT2D eigenvalue weighted by Gasteiger charge is 2.15. The average Bonchev–Trinajstić information content (AvgIpc) is 2.87. The number of carbonyl (C=O) groups is 1. The Morgan fingerprint density at radius 3 is 2.68 bits per heavy atom. The van der Waals surface area contributed by atoms with Gasteiger partial charge in [0.25, 0.3) is 11.5 Å². The number of amides is 1. The van der Waals surface area contributed by atoms with Crippen LogP contribution in [0.15, 0.2) is 75.0 Å². The van der Waals surface area contributed by atoms with E-state index in [4.69, 9.17) is 4.74 Å². The van der Waals surface area contributed by atoms with Gasteiger partial charge in [0.2, 0.25) is 0 Å². The molecule has 196 valence electrons. The molecule has 0 radical (unpaired) electrons. The molecule has 0 saturated carbocycles. The van der Waals surface area contributed by atoms with Gasteiger partial charge in [-0.3, -0.25) is 9.59 Å². The molecule has 0 aliphatic heterocycles. The Morgan fingerprint density at radius 1 is 1.18 bits per heavy atom. The van der Waals surface area contributed by atoms with E-state index in [1.54, 1.807) is 30.3 Å². The van der Waals surface area contributed by atoms with Crippen LogP contribution in [0.25, 0.3) is 10.9 Å². The summed E-state index contributed by atoms with van der Waals surface area (Å²) >= 11 is 3.41. The second kappa shape index (κ2) is 11.6. The van der Waals surface area contributed by atoms with Crippen molar-refractivity contribution in [2.24, 2.45) is 5.10 Å². The number of hydrogen-bond acceptors (Lipinski definition) is 6. The van der Waals surface area contributed by atoms with E-state index in [1.165, 1.54) is 29.1 Å². The number of fused-ring (bicyclic) bond motifs is 1. The van der Waals surface area contributed by atoms with Gasteiger partial charge in [-0.15, -0.1) is 0 Å². The molecule has 0 atom stereocenters. The third kappa shape index (κ3) is 6.25. The molecule has 38 heavy (non-hydrogen) atoms. The maximum atomic E-state index is 13.4. The maximum Gasteiger partial charge on any atom is 0.282 e. The van der Waals surface area contributed by atoms with Gasteiger partial charge in [0.1, 0.15) is 17.4 Å². The van der Waals surface area contributed by atoms with E-state index in [1.807, 2.05) is 45.0 Å². The van der Waals surface area contributed by atoms with Crippen molar-refractivity contribution in [3.63, 3.8) is 0 Å². The molecule has 0 fully saturated rings. The molecule has 0 saturated heterocycles. The zero-order valence-electron chi connectivity index (χ0n) is 21.4. The Hall–Kier alpha value is -4.05. The first-order valence-corrected chi connectivity index (χ1v) is 12.7. The Kier molecular flexibility index (Phi) is 8.21. The standard InChI is InChI=1S/C28H27BrFN5O3/c1-17(2)27-33-24-11-9-19(29)12-23(24)28(37)35(27)31-15-18-8-10-22(34(3)4)14-25(18)38-16-26(36)32-21-7-5-6-20(30)13-21/h5-15,17H,16H2,1-4H3,(H,32,36). The van der Waals surface area contributed by atoms with Crippen LogP contribution < -0.4 is 20.5 Å². The summed E-state index contributed by atoms with van der Waals surface area (Å²) in [4.78, 5) is 32.4. The van der Waals surface area contributed by atoms with Gasteiger partial charge in [0.15, 0.2) is 6.61 Å². The van der Waals surface area contributed by atoms with Crippen LogP contribution in [0.3, 0.4) is 0 Å². The molecule has 0 unspecified atom stereocenters. The lowest BCUT2D eigenvalue weighted by atomic mass is 10.1. The molecule has 1 aromatic heterocycles. The number of nitrogens with one attached hydrogen (secondary N) is 1. The molecule has 8 nitrogen and oxygen atoms in total. The van der Waals surface area contributed by atoms with Crippen molar-refractivity contribution < 1.29 is 13.9 Å². The largest absolute Gasteiger partial charge is 0.483 e. The van der Waals surface area contributed by atoms with Crippen LogP contribution in [0.2, 0.25) is 0 Å². The third-order valence-corrected chi connectivity index (χ3v) is 6.14. The van der Waals surface area contributed by atoms with Gasteiger partial charge in [-0.1, -0.05) is 35.8 Å². The summed E-state index contributed by atoms with van der Waals surface area (Å²) in [5, 5.41) is 7.53. The Balaban J connectivity index is 1.66. The number of halogens is 2. The Labute approximate surface area is 227 Å². The molecular formula is C28H27BrFN5O3. The van der Waals surface area contributed by atoms with E-state index in [-0.39, 0.29) is 18.1 Å². The van der Waals surface area contributed by atoms with Crippen molar-refractivity contribution >= 4 is 50.3 Å². The predicted octanol–water partition coefficient (Wildman–Crippen LogP) is 5.39. The lowest BCUT2D eigenvalue weighted by molar-refractivity contribution is -0.118. The molecule has 0 aliphatic carbocycles. The van der Waals surface area contributed by atoms with Crippen molar-refractivity contribution in [2.75, 3.05) is 30.9 Å². The average molecular weight is 580 g/mol. The first-order chi connectivity index (χ1) is 18.1. The SMILES string of the molecule is CC(C)c1nc2ccc(Br)cc2c(=O)n1N=Cc1ccc(N(C)C)cc1OCC(=O)Nc1cccc(F)c1. The van der Waals surface area contributed by atoms with Crippen LogP contribution in [0, 0.1) is 5.82 Å². The molecule has 4 rings (SSSR count). The molecule has 0 bridgehead atoms. The van der Waals surface area contributed by atoms with E-state index < -0.39 is 11.7 Å². The van der Waals surface area contributed by atoms with Crippen LogP contribution in [-0.4, -0.2) is 42.5 Å². The summed E-state index contributed by atoms with van der Waals surface area (Å²) in [6.07, 6.45) is 1.51. The van der Waals surface area contributed by atoms with Gasteiger partial charge in [-0.2, -0.15) is 9.78 Å². The number of benzene rings is 3. The van der Waals surface area contributed by atoms with E-state index in [9.17, 15) is 14.0 Å². The van der Waals surface area contributed by atoms with Crippen LogP contribution >= 0.6 is 15.9 Å². The molecular weight excluding hydrogens is 553 g/mol. The number of aromatic nitrogens is 2. The smallest absolute Gasteiger partial charge is 0.282 e. The monoisotopic (exact) mass is 579 g/mol. The van der Waals surface area contributed by atoms with Crippen molar-refractivity contribution in [3.8, 4) is 5.75 Å². The summed E-state index contributed by atoms with van der Waals surface area (Å²) in [6, 6.07) is 16.4. The Morgan fingerprint density at radius 2 is 1.97 bits per heavy atom. The summed E-state index contributed by atoms with van der Waals surface area (Å²) in [5.41, 5.74) is 2.04. The molecule has 1 heterocycles. The summed E-state index contributed by atoms with van der Waals surface area (Å²) in [7, 11) is 3.77. The highest BCUT2D eigenvalue weighted by molar-refractivity contribution is 9.10. The molecule has 10 heteroatoms. The highest BCUT2D eigenvalue weighted by Crippen LogP contribution is 2.25. The lowest BCUT2D eigenvalue weighted by Gasteiger charge is -2.16. The summed E-state index contributed by atoms with van der Waals surface area (Å²) in [6.45, 7) is 3.57. The molecule has 4 aromatic rings. The highest BCUT2D eigenvalue weighted by atomic mass is 79.9. The number of ether oxygens (including phenoxy) is 1. The maximum absolute atomic E-state index is 13.4. The fourth-order valence-corrected chi connectivity index (χ4v) is 4.07. The normalized spacial score (nSPS) is 11.3. The topological polar surface area (TPSA) is 88.8 Å². The van der Waals surface area contributed by atoms with Crippen molar-refractivity contribution in [1.29, 1.82) is 0 Å². The van der Waals surface area contributed by atoms with Gasteiger partial charge < -0.3 is 15.0 Å². The van der Waals surface area contributed by atoms with Gasteiger partial charge in [-0.05, 0) is 48.5 Å². The van der Waals surface area contributed by atoms with Crippen LogP contribution in [-0.2, 0) is 4.79 Å². The zero-order chi connectivity index (χ0) is 27.4. The third-order valence-electron chi connectivity index (χ3n) is 5.64. The van der Waals surface area contributed by atoms with E-state index in [2.05, 4.69) is 31.3 Å². The first kappa shape index (κ1) is 27.0. The second-order valence-electron chi connectivity index (χ2n) is 9.11. The summed E-state index contributed by atoms with van der Waals surface area (Å²) < 4.78 is 21.3. The fourth-order valence-electron chi connectivity index (χ4n) is 3.71. The fraction of sp³-hybridized carbons (Fsp3) is 0.214.